The van der Waals surface area contributed by atoms with Gasteiger partial charge in [0.2, 0.25) is 0 Å². The monoisotopic (exact) mass is 836 g/mol. The Morgan fingerprint density at radius 2 is 0.484 bits per heavy atom. The van der Waals surface area contributed by atoms with Crippen LogP contribution in [0.1, 0.15) is 190 Å². The average molecular weight is 837 g/mol. The lowest BCUT2D eigenvalue weighted by molar-refractivity contribution is 0.0891. The van der Waals surface area contributed by atoms with Gasteiger partial charge in [0.1, 0.15) is 0 Å². The number of aromatic nitrogens is 2. The highest BCUT2D eigenvalue weighted by molar-refractivity contribution is 6.45. The van der Waals surface area contributed by atoms with Gasteiger partial charge in [0.05, 0.1) is 33.1 Å². The van der Waals surface area contributed by atoms with Crippen LogP contribution in [0.4, 0.5) is 0 Å². The maximum absolute atomic E-state index is 14.5. The molecule has 21 rings (SSSR count). The molecule has 4 saturated carbocycles. The normalized spacial score (nSPS) is 29.6. The van der Waals surface area contributed by atoms with Gasteiger partial charge in [0, 0.05) is 89.0 Å². The largest absolute Gasteiger partial charge is 0.308 e. The first-order valence-electron chi connectivity index (χ1n) is 25.1. The Balaban J connectivity index is 1.13. The number of hydrogen-bond donors (Lipinski definition) is 0. The zero-order valence-electron chi connectivity index (χ0n) is 36.1. The molecule has 0 radical (unpaired) electrons. The van der Waals surface area contributed by atoms with Gasteiger partial charge in [-0.3, -0.25) is 19.2 Å². The first-order valence-corrected chi connectivity index (χ1v) is 25.1. The second-order valence-corrected chi connectivity index (χ2v) is 22.3. The van der Waals surface area contributed by atoms with Gasteiger partial charge in [-0.25, -0.2) is 0 Å². The molecule has 5 aromatic carbocycles. The number of carbonyl (C=O) groups excluding carboxylic acids is 4. The predicted octanol–water partition coefficient (Wildman–Crippen LogP) is 13.9. The van der Waals surface area contributed by atoms with Crippen LogP contribution in [0.25, 0.3) is 76.2 Å². The van der Waals surface area contributed by atoms with Crippen molar-refractivity contribution in [1.29, 1.82) is 0 Å². The number of nitrogens with zero attached hydrogens (tertiary/aromatic N) is 2. The van der Waals surface area contributed by atoms with Crippen LogP contribution >= 0.6 is 0 Å². The molecule has 4 aromatic heterocycles. The number of Topliss-reactive ketones (excluding diaryl/α,β-unsaturated/α-hetero) is 4. The average Bonchev–Trinajstić information content (AvgIpc) is 3.83. The molecule has 0 unspecified atom stereocenters. The van der Waals surface area contributed by atoms with E-state index in [0.717, 1.165) is 147 Å². The lowest BCUT2D eigenvalue weighted by Crippen LogP contribution is -2.15. The number of carbonyl (C=O) groups is 4. The molecule has 12 aliphatic carbocycles. The van der Waals surface area contributed by atoms with Gasteiger partial charge in [-0.15, -0.1) is 0 Å². The molecule has 0 spiro atoms. The molecule has 314 valence electrons. The summed E-state index contributed by atoms with van der Waals surface area (Å²) < 4.78 is 4.96. The van der Waals surface area contributed by atoms with Gasteiger partial charge in [0.25, 0.3) is 0 Å². The second kappa shape index (κ2) is 11.4. The van der Waals surface area contributed by atoms with E-state index in [-0.39, 0.29) is 23.7 Å². The van der Waals surface area contributed by atoms with Crippen molar-refractivity contribution in [2.45, 2.75) is 126 Å². The van der Waals surface area contributed by atoms with Crippen molar-refractivity contribution >= 4 is 99.3 Å². The number of fused-ring (bicyclic) bond motifs is 22. The molecule has 6 nitrogen and oxygen atoms in total. The van der Waals surface area contributed by atoms with Crippen molar-refractivity contribution in [1.82, 2.24) is 8.80 Å². The van der Waals surface area contributed by atoms with E-state index in [1.54, 1.807) is 0 Å². The summed E-state index contributed by atoms with van der Waals surface area (Å²) in [5.41, 5.74) is 15.2. The molecule has 0 amide bonds. The van der Waals surface area contributed by atoms with Crippen molar-refractivity contribution in [3.05, 3.63) is 93.0 Å². The Bertz CT molecular complexity index is 3270. The van der Waals surface area contributed by atoms with E-state index in [4.69, 9.17) is 0 Å². The van der Waals surface area contributed by atoms with Crippen LogP contribution in [0, 0.1) is 23.7 Å². The fraction of sp³-hybridized carbons (Fsp3) is 0.414. The van der Waals surface area contributed by atoms with Gasteiger partial charge >= 0.3 is 0 Å². The van der Waals surface area contributed by atoms with Gasteiger partial charge in [-0.1, -0.05) is 0 Å². The third-order valence-corrected chi connectivity index (χ3v) is 19.8. The minimum atomic E-state index is 0.0910. The van der Waals surface area contributed by atoms with Crippen molar-refractivity contribution < 1.29 is 19.2 Å². The molecule has 0 aliphatic heterocycles. The molecule has 0 atom stereocenters. The lowest BCUT2D eigenvalue weighted by atomic mass is 9.81. The molecular weight excluding hydrogens is 789 g/mol. The van der Waals surface area contributed by atoms with Crippen LogP contribution in [0.2, 0.25) is 0 Å². The van der Waals surface area contributed by atoms with Crippen LogP contribution in [-0.2, 0) is 0 Å². The van der Waals surface area contributed by atoms with Gasteiger partial charge in [-0.05, 0) is 197 Å². The van der Waals surface area contributed by atoms with Crippen molar-refractivity contribution in [3.63, 3.8) is 0 Å². The van der Waals surface area contributed by atoms with E-state index in [2.05, 4.69) is 57.3 Å². The standard InChI is InChI=1S/C58H48N2O4/c61-55-29-9-1-25(2-10-29)33-17-41-45(21-37(33)55)59-46-22-38-35(27-5-13-30(14-6-27)56(38)62)19-43(46)51-52-44-20-36-28-7-15-32(16-8-28)58(64)40(36)24-48(44)60-47-23-39-34(26-3-11-31(12-4-26)57(39)63)18-42(47)50(54(52)60)49(41)53(51)59/h17-32H,1-16H2. The molecule has 12 aliphatic rings. The molecule has 4 heterocycles. The van der Waals surface area contributed by atoms with Crippen molar-refractivity contribution in [2.75, 3.05) is 0 Å². The summed E-state index contributed by atoms with van der Waals surface area (Å²) in [5, 5.41) is 9.69. The zero-order valence-corrected chi connectivity index (χ0v) is 36.1. The van der Waals surface area contributed by atoms with E-state index < -0.39 is 0 Å². The maximum atomic E-state index is 14.5. The minimum Gasteiger partial charge on any atom is -0.308 e. The fourth-order valence-corrected chi connectivity index (χ4v) is 16.7. The van der Waals surface area contributed by atoms with Crippen molar-refractivity contribution in [3.8, 4) is 0 Å². The van der Waals surface area contributed by atoms with Crippen LogP contribution < -0.4 is 0 Å². The highest BCUT2D eigenvalue weighted by Crippen LogP contribution is 2.57. The third kappa shape index (κ3) is 3.91. The van der Waals surface area contributed by atoms with Crippen LogP contribution in [0.15, 0.2) is 48.5 Å². The number of benzene rings is 5. The Labute approximate surface area is 369 Å². The topological polar surface area (TPSA) is 77.1 Å². The summed E-state index contributed by atoms with van der Waals surface area (Å²) in [6.45, 7) is 0. The Morgan fingerprint density at radius 3 is 0.703 bits per heavy atom. The summed E-state index contributed by atoms with van der Waals surface area (Å²) in [6, 6.07) is 18.8. The first-order chi connectivity index (χ1) is 31.4. The Kier molecular flexibility index (Phi) is 6.20. The Morgan fingerprint density at radius 1 is 0.281 bits per heavy atom. The minimum absolute atomic E-state index is 0.0910. The molecular formula is C58H48N2O4. The quantitative estimate of drug-likeness (QED) is 0.152. The molecule has 0 saturated heterocycles. The zero-order chi connectivity index (χ0) is 41.8. The van der Waals surface area contributed by atoms with E-state index >= 15 is 0 Å². The number of rotatable bonds is 0. The highest BCUT2D eigenvalue weighted by Gasteiger charge is 2.42. The summed E-state index contributed by atoms with van der Waals surface area (Å²) >= 11 is 0. The highest BCUT2D eigenvalue weighted by atomic mass is 16.1. The molecule has 8 bridgehead atoms. The fourth-order valence-electron chi connectivity index (χ4n) is 16.7. The molecule has 0 N–H and O–H groups in total. The van der Waals surface area contributed by atoms with Crippen LogP contribution in [0.5, 0.6) is 0 Å². The molecule has 9 aromatic rings. The summed E-state index contributed by atoms with van der Waals surface area (Å²) in [7, 11) is 0. The van der Waals surface area contributed by atoms with E-state index in [1.807, 2.05) is 0 Å². The summed E-state index contributed by atoms with van der Waals surface area (Å²) in [5.74, 6) is 3.09. The van der Waals surface area contributed by atoms with Crippen molar-refractivity contribution in [2.24, 2.45) is 23.7 Å². The smallest absolute Gasteiger partial charge is 0.166 e. The molecule has 64 heavy (non-hydrogen) atoms. The van der Waals surface area contributed by atoms with Gasteiger partial charge in [-0.2, -0.15) is 0 Å². The summed E-state index contributed by atoms with van der Waals surface area (Å²) in [6.07, 6.45) is 16.2. The Hall–Kier alpha value is -5.62. The maximum Gasteiger partial charge on any atom is 0.166 e. The number of ketones is 4. The molecule has 6 heteroatoms. The van der Waals surface area contributed by atoms with Gasteiger partial charge < -0.3 is 8.80 Å². The van der Waals surface area contributed by atoms with Crippen LogP contribution in [0.3, 0.4) is 0 Å². The van der Waals surface area contributed by atoms with E-state index in [1.165, 1.54) is 76.4 Å². The van der Waals surface area contributed by atoms with E-state index in [9.17, 15) is 19.2 Å². The first kappa shape index (κ1) is 34.7. The number of hydrogen-bond acceptors (Lipinski definition) is 4. The third-order valence-electron chi connectivity index (χ3n) is 19.8. The van der Waals surface area contributed by atoms with Crippen LogP contribution in [-0.4, -0.2) is 31.9 Å². The lowest BCUT2D eigenvalue weighted by Gasteiger charge is -2.22. The SMILES string of the molecule is O=C1c2cc3c(cc2C2CCC1CC2)c1c2c4cc5c(cc4n4c6cc7c(cc6c(c6c8cc9c(cc8n3c16)C(=O)C1CCC9CC1)c24)C1CCC(CC1)C7=O)C(=O)C1CCC5CC1. The summed E-state index contributed by atoms with van der Waals surface area (Å²) in [4.78, 5) is 58.1. The van der Waals surface area contributed by atoms with Gasteiger partial charge in [0.15, 0.2) is 23.1 Å². The predicted molar refractivity (Wildman–Crippen MR) is 252 cm³/mol. The second-order valence-electron chi connectivity index (χ2n) is 22.3. The molecule has 4 fully saturated rings. The van der Waals surface area contributed by atoms with E-state index in [0.29, 0.717) is 46.8 Å².